The van der Waals surface area contributed by atoms with Gasteiger partial charge < -0.3 is 25.3 Å². The van der Waals surface area contributed by atoms with Gasteiger partial charge in [0.15, 0.2) is 5.75 Å². The molecule has 0 spiro atoms. The summed E-state index contributed by atoms with van der Waals surface area (Å²) in [7, 11) is -2.70. The van der Waals surface area contributed by atoms with Crippen LogP contribution >= 0.6 is 0 Å². The molecule has 0 aliphatic heterocycles. The first-order valence-electron chi connectivity index (χ1n) is 15.8. The molecule has 0 amide bonds. The van der Waals surface area contributed by atoms with E-state index >= 15 is 0 Å². The first kappa shape index (κ1) is 34.1. The lowest BCUT2D eigenvalue weighted by Gasteiger charge is -2.30. The van der Waals surface area contributed by atoms with Crippen LogP contribution in [0.4, 0.5) is 22.0 Å². The number of hydrogen-bond acceptors (Lipinski definition) is 5. The summed E-state index contributed by atoms with van der Waals surface area (Å²) in [5.41, 5.74) is 0. The lowest BCUT2D eigenvalue weighted by molar-refractivity contribution is 0.263. The molecule has 0 heterocycles. The minimum absolute atomic E-state index is 0.872. The highest BCUT2D eigenvalue weighted by molar-refractivity contribution is 6.33. The number of rotatable bonds is 6. The molecule has 5 nitrogen and oxygen atoms in total. The van der Waals surface area contributed by atoms with Gasteiger partial charge in [0.2, 0.25) is 29.1 Å². The van der Waals surface area contributed by atoms with Gasteiger partial charge in [-0.15, -0.1) is 0 Å². The van der Waals surface area contributed by atoms with Gasteiger partial charge in [-0.05, 0) is 51.4 Å². The molecule has 1 aromatic rings. The molecule has 4 N–H and O–H groups in total. The maximum absolute atomic E-state index is 12.7. The second-order valence-electron chi connectivity index (χ2n) is 12.0. The summed E-state index contributed by atoms with van der Waals surface area (Å²) in [5, 5.41) is 24.0. The van der Waals surface area contributed by atoms with Crippen LogP contribution in [0.15, 0.2) is 0 Å². The van der Waals surface area contributed by atoms with Gasteiger partial charge in [-0.3, -0.25) is 0 Å². The molecule has 234 valence electrons. The van der Waals surface area contributed by atoms with Gasteiger partial charge in [0.1, 0.15) is 0 Å². The zero-order valence-corrected chi connectivity index (χ0v) is 24.2. The van der Waals surface area contributed by atoms with E-state index in [9.17, 15) is 22.0 Å². The average molecular weight is 591 g/mol. The number of halogens is 5. The van der Waals surface area contributed by atoms with Crippen LogP contribution in [0.1, 0.15) is 128 Å². The monoisotopic (exact) mass is 590 g/mol. The normalized spacial score (nSPS) is 21.3. The number of nitrogens with one attached hydrogen (secondary N) is 2. The molecule has 0 saturated heterocycles. The van der Waals surface area contributed by atoms with Crippen LogP contribution in [0.25, 0.3) is 0 Å². The third kappa shape index (κ3) is 11.6. The first-order chi connectivity index (χ1) is 19.8. The predicted molar refractivity (Wildman–Crippen MR) is 151 cm³/mol. The Labute approximate surface area is 242 Å². The highest BCUT2D eigenvalue weighted by atomic mass is 19.2. The van der Waals surface area contributed by atoms with Gasteiger partial charge in [0, 0.05) is 24.2 Å². The molecule has 0 atom stereocenters. The quantitative estimate of drug-likeness (QED) is 0.122. The molecule has 1 aromatic carbocycles. The summed E-state index contributed by atoms with van der Waals surface area (Å²) in [5.74, 6) is -13.1. The number of hydrogen-bond donors (Lipinski definition) is 4. The standard InChI is InChI=1S/2C12H23N.C6H2BF5O3/c2*1-3-7-11(8-4-1)13-12-9-5-2-6-10-12;8-1-2(9)4(11)6(15-7(13)14)5(12)3(1)10/h2*11-13H,1-10H2;13-14H. The van der Waals surface area contributed by atoms with E-state index in [0.717, 1.165) is 24.2 Å². The van der Waals surface area contributed by atoms with Crippen molar-refractivity contribution in [1.82, 2.24) is 10.6 Å². The Morgan fingerprint density at radius 2 is 0.683 bits per heavy atom. The van der Waals surface area contributed by atoms with E-state index in [0.29, 0.717) is 0 Å². The van der Waals surface area contributed by atoms with Crippen molar-refractivity contribution in [3.8, 4) is 5.75 Å². The number of benzene rings is 1. The van der Waals surface area contributed by atoms with Crippen molar-refractivity contribution in [2.75, 3.05) is 0 Å². The highest BCUT2D eigenvalue weighted by Gasteiger charge is 2.29. The maximum Gasteiger partial charge on any atom is 0.707 e. The molecule has 41 heavy (non-hydrogen) atoms. The van der Waals surface area contributed by atoms with Crippen molar-refractivity contribution < 1.29 is 36.7 Å². The van der Waals surface area contributed by atoms with Crippen LogP contribution < -0.4 is 15.3 Å². The fraction of sp³-hybridized carbons (Fsp3) is 0.800. The van der Waals surface area contributed by atoms with Crippen molar-refractivity contribution in [1.29, 1.82) is 0 Å². The van der Waals surface area contributed by atoms with Gasteiger partial charge in [0.25, 0.3) is 0 Å². The van der Waals surface area contributed by atoms with Gasteiger partial charge in [-0.1, -0.05) is 77.0 Å². The predicted octanol–water partition coefficient (Wildman–Crippen LogP) is 7.21. The van der Waals surface area contributed by atoms with Gasteiger partial charge in [-0.25, -0.2) is 13.2 Å². The third-order valence-corrected chi connectivity index (χ3v) is 8.76. The Morgan fingerprint density at radius 1 is 0.439 bits per heavy atom. The maximum atomic E-state index is 12.7. The van der Waals surface area contributed by atoms with Crippen molar-refractivity contribution in [2.45, 2.75) is 153 Å². The molecule has 0 unspecified atom stereocenters. The lowest BCUT2D eigenvalue weighted by Crippen LogP contribution is -2.40. The van der Waals surface area contributed by atoms with Crippen molar-refractivity contribution >= 4 is 7.32 Å². The van der Waals surface area contributed by atoms with Gasteiger partial charge >= 0.3 is 7.32 Å². The summed E-state index contributed by atoms with van der Waals surface area (Å²) in [6, 6.07) is 3.49. The molecule has 4 saturated carbocycles. The zero-order valence-electron chi connectivity index (χ0n) is 24.2. The minimum atomic E-state index is -2.70. The van der Waals surface area contributed by atoms with Crippen molar-refractivity contribution in [3.05, 3.63) is 29.1 Å². The lowest BCUT2D eigenvalue weighted by atomic mass is 9.91. The molecular weight excluding hydrogens is 542 g/mol. The minimum Gasteiger partial charge on any atom is -0.507 e. The van der Waals surface area contributed by atoms with Crippen LogP contribution in [0.2, 0.25) is 0 Å². The fourth-order valence-corrected chi connectivity index (χ4v) is 6.54. The Bertz CT molecular complexity index is 794. The summed E-state index contributed by atoms with van der Waals surface area (Å²) >= 11 is 0. The molecule has 0 bridgehead atoms. The van der Waals surface area contributed by atoms with Gasteiger partial charge in [-0.2, -0.15) is 8.78 Å². The van der Waals surface area contributed by atoms with E-state index in [-0.39, 0.29) is 0 Å². The molecular formula is C30H48BF5N2O3. The molecule has 11 heteroatoms. The molecule has 4 aliphatic rings. The zero-order chi connectivity index (χ0) is 29.6. The summed E-state index contributed by atoms with van der Waals surface area (Å²) in [6.07, 6.45) is 29.1. The fourth-order valence-electron chi connectivity index (χ4n) is 6.54. The summed E-state index contributed by atoms with van der Waals surface area (Å²) in [4.78, 5) is 0. The molecule has 0 aromatic heterocycles. The van der Waals surface area contributed by atoms with Crippen LogP contribution in [0, 0.1) is 29.1 Å². The van der Waals surface area contributed by atoms with E-state index in [4.69, 9.17) is 10.0 Å². The second kappa shape index (κ2) is 18.3. The Hall–Kier alpha value is -1.43. The van der Waals surface area contributed by atoms with Crippen molar-refractivity contribution in [2.24, 2.45) is 0 Å². The average Bonchev–Trinajstić information content (AvgIpc) is 3.00. The van der Waals surface area contributed by atoms with Crippen LogP contribution in [-0.4, -0.2) is 41.5 Å². The Morgan fingerprint density at radius 3 is 0.927 bits per heavy atom. The molecule has 5 rings (SSSR count). The largest absolute Gasteiger partial charge is 0.707 e. The van der Waals surface area contributed by atoms with Crippen LogP contribution in [0.5, 0.6) is 5.75 Å². The van der Waals surface area contributed by atoms with E-state index in [1.54, 1.807) is 0 Å². The van der Waals surface area contributed by atoms with E-state index in [1.807, 2.05) is 0 Å². The second-order valence-corrected chi connectivity index (χ2v) is 12.0. The first-order valence-corrected chi connectivity index (χ1v) is 15.8. The van der Waals surface area contributed by atoms with Crippen molar-refractivity contribution in [3.63, 3.8) is 0 Å². The summed E-state index contributed by atoms with van der Waals surface area (Å²) in [6.45, 7) is 0. The highest BCUT2D eigenvalue weighted by Crippen LogP contribution is 2.29. The molecule has 4 fully saturated rings. The molecule has 0 radical (unpaired) electrons. The Kier molecular flexibility index (Phi) is 15.2. The summed E-state index contributed by atoms with van der Waals surface area (Å²) < 4.78 is 66.3. The third-order valence-electron chi connectivity index (χ3n) is 8.76. The topological polar surface area (TPSA) is 73.8 Å². The smallest absolute Gasteiger partial charge is 0.507 e. The Balaban J connectivity index is 0.000000170. The molecule has 4 aliphatic carbocycles. The van der Waals surface area contributed by atoms with E-state index < -0.39 is 42.2 Å². The van der Waals surface area contributed by atoms with E-state index in [1.165, 1.54) is 128 Å². The van der Waals surface area contributed by atoms with Crippen LogP contribution in [-0.2, 0) is 0 Å². The van der Waals surface area contributed by atoms with Crippen LogP contribution in [0.3, 0.4) is 0 Å². The van der Waals surface area contributed by atoms with E-state index in [2.05, 4.69) is 15.3 Å². The van der Waals surface area contributed by atoms with Gasteiger partial charge in [0.05, 0.1) is 0 Å². The SMILES string of the molecule is C1CCC(NC2CCCCC2)CC1.C1CCC(NC2CCCCC2)CC1.OB(O)Oc1c(F)c(F)c(F)c(F)c1F.